The molecular formula is C32H33F5. The topological polar surface area (TPSA) is 0 Å². The maximum absolute atomic E-state index is 15.1. The van der Waals surface area contributed by atoms with Crippen molar-refractivity contribution in [3.05, 3.63) is 82.4 Å². The quantitative estimate of drug-likeness (QED) is 0.168. The molecule has 0 nitrogen and oxygen atoms in total. The highest BCUT2D eigenvalue weighted by Crippen LogP contribution is 2.35. The van der Waals surface area contributed by atoms with Gasteiger partial charge in [-0.25, -0.2) is 8.78 Å². The van der Waals surface area contributed by atoms with E-state index in [1.54, 1.807) is 18.2 Å². The summed E-state index contributed by atoms with van der Waals surface area (Å²) in [5.74, 6) is 5.00. The van der Waals surface area contributed by atoms with Crippen LogP contribution in [-0.2, 0) is 12.6 Å². The van der Waals surface area contributed by atoms with Crippen molar-refractivity contribution in [2.75, 3.05) is 0 Å². The second-order valence-corrected chi connectivity index (χ2v) is 10.3. The first-order chi connectivity index (χ1) is 17.7. The van der Waals surface area contributed by atoms with E-state index in [4.69, 9.17) is 0 Å². The van der Waals surface area contributed by atoms with Crippen LogP contribution in [0.2, 0.25) is 0 Å². The smallest absolute Gasteiger partial charge is 0.206 e. The summed E-state index contributed by atoms with van der Waals surface area (Å²) in [5.41, 5.74) is 0.0171. The van der Waals surface area contributed by atoms with Gasteiger partial charge in [-0.05, 0) is 59.9 Å². The Labute approximate surface area is 216 Å². The largest absolute Gasteiger partial charge is 0.419 e. The number of alkyl halides is 3. The van der Waals surface area contributed by atoms with Crippen LogP contribution in [0.3, 0.4) is 0 Å². The van der Waals surface area contributed by atoms with E-state index >= 15 is 4.39 Å². The summed E-state index contributed by atoms with van der Waals surface area (Å²) in [6, 6.07) is 11.6. The van der Waals surface area contributed by atoms with Crippen molar-refractivity contribution in [2.45, 2.75) is 77.3 Å². The lowest BCUT2D eigenvalue weighted by atomic mass is 9.77. The van der Waals surface area contributed by atoms with Gasteiger partial charge < -0.3 is 0 Å². The summed E-state index contributed by atoms with van der Waals surface area (Å²) in [4.78, 5) is 0. The van der Waals surface area contributed by atoms with Crippen LogP contribution in [0.5, 0.6) is 0 Å². The van der Waals surface area contributed by atoms with Crippen molar-refractivity contribution < 1.29 is 22.0 Å². The molecule has 1 aliphatic carbocycles. The van der Waals surface area contributed by atoms with Gasteiger partial charge in [0, 0.05) is 10.9 Å². The Hall–Kier alpha value is -2.87. The van der Waals surface area contributed by atoms with Crippen LogP contribution in [0.1, 0.15) is 87.0 Å². The highest BCUT2D eigenvalue weighted by atomic mass is 19.4. The van der Waals surface area contributed by atoms with E-state index < -0.39 is 23.4 Å². The van der Waals surface area contributed by atoms with E-state index in [1.807, 2.05) is 12.1 Å². The molecule has 0 amide bonds. The van der Waals surface area contributed by atoms with Gasteiger partial charge in [0.25, 0.3) is 0 Å². The molecule has 0 atom stereocenters. The van der Waals surface area contributed by atoms with Crippen molar-refractivity contribution in [3.63, 3.8) is 0 Å². The number of benzene rings is 3. The lowest BCUT2D eigenvalue weighted by Gasteiger charge is -2.28. The zero-order chi connectivity index (χ0) is 26.4. The Morgan fingerprint density at radius 1 is 0.811 bits per heavy atom. The molecule has 4 rings (SSSR count). The molecule has 5 heteroatoms. The van der Waals surface area contributed by atoms with Gasteiger partial charge in [-0.1, -0.05) is 94.4 Å². The van der Waals surface area contributed by atoms with Gasteiger partial charge in [0.2, 0.25) is 0 Å². The highest BCUT2D eigenvalue weighted by Gasteiger charge is 2.33. The first-order valence-corrected chi connectivity index (χ1v) is 13.3. The van der Waals surface area contributed by atoms with Crippen LogP contribution in [0, 0.1) is 35.3 Å². The number of hydrogen-bond acceptors (Lipinski definition) is 0. The molecule has 0 N–H and O–H groups in total. The number of hydrogen-bond donors (Lipinski definition) is 0. The van der Waals surface area contributed by atoms with Crippen molar-refractivity contribution in [1.29, 1.82) is 0 Å². The Kier molecular flexibility index (Phi) is 8.90. The van der Waals surface area contributed by atoms with Gasteiger partial charge in [-0.3, -0.25) is 0 Å². The summed E-state index contributed by atoms with van der Waals surface area (Å²) in [6.07, 6.45) is 8.04. The molecule has 0 radical (unpaired) electrons. The van der Waals surface area contributed by atoms with Crippen LogP contribution < -0.4 is 0 Å². The van der Waals surface area contributed by atoms with E-state index in [0.29, 0.717) is 11.5 Å². The van der Waals surface area contributed by atoms with Gasteiger partial charge >= 0.3 is 6.18 Å². The van der Waals surface area contributed by atoms with Crippen LogP contribution >= 0.6 is 0 Å². The summed E-state index contributed by atoms with van der Waals surface area (Å²) >= 11 is 0. The van der Waals surface area contributed by atoms with E-state index in [0.717, 1.165) is 42.2 Å². The van der Waals surface area contributed by atoms with Gasteiger partial charge in [0.15, 0.2) is 0 Å². The van der Waals surface area contributed by atoms with Crippen LogP contribution in [0.15, 0.2) is 48.5 Å². The van der Waals surface area contributed by atoms with Crippen LogP contribution in [0.4, 0.5) is 22.0 Å². The molecule has 1 aliphatic rings. The molecular weight excluding hydrogens is 479 g/mol. The number of unbranched alkanes of at least 4 members (excludes halogenated alkanes) is 2. The average Bonchev–Trinajstić information content (AvgIpc) is 2.87. The van der Waals surface area contributed by atoms with Crippen molar-refractivity contribution >= 4 is 10.8 Å². The standard InChI is InChI=1S/C32H33F5/c1-2-3-4-5-22-6-8-23(9-7-22)10-11-24-13-18-28-27(20-24)17-16-26(31(28)34)15-12-25-14-19-29(30(33)21-25)32(35,36)37/h13-14,16-23H,2-11H2,1H3. The van der Waals surface area contributed by atoms with E-state index in [-0.39, 0.29) is 11.1 Å². The summed E-state index contributed by atoms with van der Waals surface area (Å²) < 4.78 is 67.1. The molecule has 0 saturated heterocycles. The predicted molar refractivity (Wildman–Crippen MR) is 139 cm³/mol. The monoisotopic (exact) mass is 512 g/mol. The van der Waals surface area contributed by atoms with Crippen molar-refractivity contribution in [1.82, 2.24) is 0 Å². The average molecular weight is 513 g/mol. The van der Waals surface area contributed by atoms with Gasteiger partial charge in [0.1, 0.15) is 11.6 Å². The SMILES string of the molecule is CCCCCC1CCC(CCc2ccc3c(F)c(C#Cc4ccc(C(F)(F)F)c(F)c4)ccc3c2)CC1. The number of aryl methyl sites for hydroxylation is 1. The third-order valence-electron chi connectivity index (χ3n) is 7.66. The molecule has 196 valence electrons. The molecule has 0 aromatic heterocycles. The molecule has 1 fully saturated rings. The fourth-order valence-electron chi connectivity index (χ4n) is 5.42. The lowest BCUT2D eigenvalue weighted by Crippen LogP contribution is -2.15. The Morgan fingerprint density at radius 3 is 2.22 bits per heavy atom. The maximum Gasteiger partial charge on any atom is 0.419 e. The van der Waals surface area contributed by atoms with Crippen LogP contribution in [0.25, 0.3) is 10.8 Å². The van der Waals surface area contributed by atoms with Crippen molar-refractivity contribution in [2.24, 2.45) is 11.8 Å². The third-order valence-corrected chi connectivity index (χ3v) is 7.66. The zero-order valence-corrected chi connectivity index (χ0v) is 21.2. The van der Waals surface area contributed by atoms with Gasteiger partial charge in [0.05, 0.1) is 11.1 Å². The maximum atomic E-state index is 15.1. The van der Waals surface area contributed by atoms with E-state index in [9.17, 15) is 17.6 Å². The minimum Gasteiger partial charge on any atom is -0.206 e. The second kappa shape index (κ2) is 12.1. The summed E-state index contributed by atoms with van der Waals surface area (Å²) in [5, 5.41) is 1.24. The Bertz CT molecular complexity index is 1270. The first kappa shape index (κ1) is 27.2. The lowest BCUT2D eigenvalue weighted by molar-refractivity contribution is -0.140. The fraction of sp³-hybridized carbons (Fsp3) is 0.438. The normalized spacial score (nSPS) is 18.0. The van der Waals surface area contributed by atoms with E-state index in [1.165, 1.54) is 56.9 Å². The first-order valence-electron chi connectivity index (χ1n) is 13.3. The summed E-state index contributed by atoms with van der Waals surface area (Å²) in [7, 11) is 0. The Morgan fingerprint density at radius 2 is 1.54 bits per heavy atom. The Balaban J connectivity index is 1.38. The van der Waals surface area contributed by atoms with E-state index in [2.05, 4.69) is 18.8 Å². The summed E-state index contributed by atoms with van der Waals surface area (Å²) in [6.45, 7) is 2.25. The molecule has 0 spiro atoms. The number of halogens is 5. The third kappa shape index (κ3) is 7.12. The molecule has 0 aliphatic heterocycles. The highest BCUT2D eigenvalue weighted by molar-refractivity contribution is 5.85. The molecule has 0 unspecified atom stereocenters. The number of rotatable bonds is 7. The number of fused-ring (bicyclic) bond motifs is 1. The second-order valence-electron chi connectivity index (χ2n) is 10.3. The predicted octanol–water partition coefficient (Wildman–Crippen LogP) is 9.86. The minimum absolute atomic E-state index is 0.0512. The van der Waals surface area contributed by atoms with Crippen molar-refractivity contribution in [3.8, 4) is 11.8 Å². The molecule has 3 aromatic carbocycles. The molecule has 37 heavy (non-hydrogen) atoms. The molecule has 3 aromatic rings. The zero-order valence-electron chi connectivity index (χ0n) is 21.2. The fourth-order valence-corrected chi connectivity index (χ4v) is 5.42. The van der Waals surface area contributed by atoms with Gasteiger partial charge in [-0.2, -0.15) is 13.2 Å². The molecule has 0 heterocycles. The molecule has 0 bridgehead atoms. The minimum atomic E-state index is -4.77. The van der Waals surface area contributed by atoms with Gasteiger partial charge in [-0.15, -0.1) is 0 Å². The molecule has 1 saturated carbocycles. The van der Waals surface area contributed by atoms with Crippen LogP contribution in [-0.4, -0.2) is 0 Å².